The molecule has 3 N–H and O–H groups in total. The monoisotopic (exact) mass is 464 g/mol. The van der Waals surface area contributed by atoms with E-state index >= 15 is 0 Å². The number of halogens is 3. The Morgan fingerprint density at radius 3 is 2.66 bits per heavy atom. The highest BCUT2D eigenvalue weighted by Gasteiger charge is 2.40. The molecule has 0 aliphatic carbocycles. The fourth-order valence-electron chi connectivity index (χ4n) is 3.66. The Labute approximate surface area is 190 Å². The third-order valence-electron chi connectivity index (χ3n) is 5.10. The van der Waals surface area contributed by atoms with Crippen LogP contribution in [0.1, 0.15) is 11.1 Å². The van der Waals surface area contributed by atoms with E-state index in [2.05, 4.69) is 20.0 Å². The topological polar surface area (TPSA) is 91.5 Å². The van der Waals surface area contributed by atoms with Crippen molar-refractivity contribution in [2.45, 2.75) is 18.4 Å². The first-order chi connectivity index (χ1) is 15.0. The number of hydrogen-bond donors (Lipinski definition) is 2. The molecule has 3 aromatic rings. The first-order valence-electron chi connectivity index (χ1n) is 9.65. The van der Waals surface area contributed by atoms with Crippen LogP contribution in [0.5, 0.6) is 11.6 Å². The van der Waals surface area contributed by atoms with Crippen LogP contribution in [-0.2, 0) is 10.3 Å². The third-order valence-corrected chi connectivity index (χ3v) is 5.10. The van der Waals surface area contributed by atoms with Gasteiger partial charge in [0.2, 0.25) is 5.88 Å². The van der Waals surface area contributed by atoms with Crippen molar-refractivity contribution in [2.24, 2.45) is 5.73 Å². The minimum atomic E-state index is -2.94. The largest absolute Gasteiger partial charge is 0.495 e. The molecule has 0 saturated carbocycles. The van der Waals surface area contributed by atoms with Crippen molar-refractivity contribution in [1.82, 2.24) is 15.3 Å². The van der Waals surface area contributed by atoms with Crippen LogP contribution in [0.15, 0.2) is 61.1 Å². The summed E-state index contributed by atoms with van der Waals surface area (Å²) in [6.45, 7) is -2.03. The average molecular weight is 465 g/mol. The molecule has 0 spiro atoms. The molecular weight excluding hydrogens is 442 g/mol. The van der Waals surface area contributed by atoms with Gasteiger partial charge in [-0.2, -0.15) is 8.78 Å². The Balaban J connectivity index is 0.00000289. The number of benzene rings is 1. The van der Waals surface area contributed by atoms with Gasteiger partial charge in [0, 0.05) is 42.7 Å². The van der Waals surface area contributed by atoms with Crippen molar-refractivity contribution < 1.29 is 23.0 Å². The molecule has 0 amide bonds. The van der Waals surface area contributed by atoms with Gasteiger partial charge >= 0.3 is 6.61 Å². The number of ether oxygens (including phenoxy) is 3. The number of morpholine rings is 1. The molecule has 4 rings (SSSR count). The van der Waals surface area contributed by atoms with Gasteiger partial charge in [0.15, 0.2) is 0 Å². The number of nitrogens with two attached hydrogens (primary N) is 1. The van der Waals surface area contributed by atoms with Crippen LogP contribution in [0.2, 0.25) is 0 Å². The van der Waals surface area contributed by atoms with Crippen molar-refractivity contribution in [3.8, 4) is 22.8 Å². The molecule has 2 atom stereocenters. The minimum absolute atomic E-state index is 0. The van der Waals surface area contributed by atoms with Crippen molar-refractivity contribution in [3.63, 3.8) is 0 Å². The summed E-state index contributed by atoms with van der Waals surface area (Å²) in [5, 5.41) is 3.29. The lowest BCUT2D eigenvalue weighted by Gasteiger charge is -2.41. The van der Waals surface area contributed by atoms with Gasteiger partial charge in [0.05, 0.1) is 13.3 Å². The molecule has 10 heteroatoms. The number of hydrogen-bond acceptors (Lipinski definition) is 7. The van der Waals surface area contributed by atoms with Gasteiger partial charge in [-0.25, -0.2) is 4.98 Å². The lowest BCUT2D eigenvalue weighted by atomic mass is 9.84. The quantitative estimate of drug-likeness (QED) is 0.578. The smallest absolute Gasteiger partial charge is 0.388 e. The van der Waals surface area contributed by atoms with E-state index < -0.39 is 18.4 Å². The summed E-state index contributed by atoms with van der Waals surface area (Å²) in [5.41, 5.74) is 8.44. The van der Waals surface area contributed by atoms with Crippen molar-refractivity contribution in [3.05, 3.63) is 72.2 Å². The fraction of sp³-hybridized carbons (Fsp3) is 0.273. The van der Waals surface area contributed by atoms with E-state index in [1.54, 1.807) is 25.6 Å². The summed E-state index contributed by atoms with van der Waals surface area (Å²) in [4.78, 5) is 8.24. The second-order valence-corrected chi connectivity index (χ2v) is 7.07. The lowest BCUT2D eigenvalue weighted by molar-refractivity contribution is -0.0933. The molecule has 1 aliphatic heterocycles. The van der Waals surface area contributed by atoms with Crippen molar-refractivity contribution in [1.29, 1.82) is 0 Å². The Morgan fingerprint density at radius 1 is 1.12 bits per heavy atom. The first-order valence-corrected chi connectivity index (χ1v) is 9.65. The van der Waals surface area contributed by atoms with Crippen molar-refractivity contribution >= 4 is 12.4 Å². The maximum atomic E-state index is 12.5. The van der Waals surface area contributed by atoms with Crippen LogP contribution in [-0.4, -0.2) is 43.0 Å². The first kappa shape index (κ1) is 23.8. The van der Waals surface area contributed by atoms with Gasteiger partial charge in [-0.3, -0.25) is 4.98 Å². The number of aromatic nitrogens is 2. The molecule has 0 radical (unpaired) electrons. The molecule has 2 unspecified atom stereocenters. The number of rotatable bonds is 6. The van der Waals surface area contributed by atoms with E-state index in [9.17, 15) is 8.78 Å². The van der Waals surface area contributed by atoms with Gasteiger partial charge in [-0.1, -0.05) is 18.2 Å². The van der Waals surface area contributed by atoms with E-state index in [0.29, 0.717) is 24.4 Å². The predicted octanol–water partition coefficient (Wildman–Crippen LogP) is 3.32. The number of methoxy groups -OCH3 is 1. The average Bonchev–Trinajstić information content (AvgIpc) is 2.79. The molecule has 170 valence electrons. The maximum absolute atomic E-state index is 12.5. The van der Waals surface area contributed by atoms with Gasteiger partial charge in [0.1, 0.15) is 17.6 Å². The zero-order valence-corrected chi connectivity index (χ0v) is 18.0. The SMILES string of the molecule is COc1cncc(-c2cccc(C3(c4ccc(OC(F)F)nc4)CNCC(N)O3)c2)c1.Cl. The Bertz CT molecular complexity index is 1040. The minimum Gasteiger partial charge on any atom is -0.495 e. The van der Waals surface area contributed by atoms with Crippen LogP contribution in [0.4, 0.5) is 8.78 Å². The molecule has 3 heterocycles. The Morgan fingerprint density at radius 2 is 1.97 bits per heavy atom. The second kappa shape index (κ2) is 10.2. The van der Waals surface area contributed by atoms with E-state index in [0.717, 1.165) is 16.7 Å². The zero-order valence-electron chi connectivity index (χ0n) is 17.2. The van der Waals surface area contributed by atoms with Crippen LogP contribution in [0, 0.1) is 0 Å². The number of nitrogens with zero attached hydrogens (tertiary/aromatic N) is 2. The number of alkyl halides is 2. The Hall–Kier alpha value is -2.85. The van der Waals surface area contributed by atoms with E-state index in [1.165, 1.54) is 12.3 Å². The van der Waals surface area contributed by atoms with Gasteiger partial charge in [0.25, 0.3) is 0 Å². The van der Waals surface area contributed by atoms with Crippen LogP contribution in [0.25, 0.3) is 11.1 Å². The van der Waals surface area contributed by atoms with Gasteiger partial charge in [-0.05, 0) is 29.3 Å². The van der Waals surface area contributed by atoms with E-state index in [1.807, 2.05) is 30.3 Å². The maximum Gasteiger partial charge on any atom is 0.388 e. The zero-order chi connectivity index (χ0) is 21.8. The van der Waals surface area contributed by atoms with Crippen molar-refractivity contribution in [2.75, 3.05) is 20.2 Å². The Kier molecular flexibility index (Phi) is 7.57. The fourth-order valence-corrected chi connectivity index (χ4v) is 3.66. The van der Waals surface area contributed by atoms with Gasteiger partial charge < -0.3 is 25.3 Å². The number of pyridine rings is 2. The molecule has 1 aliphatic rings. The predicted molar refractivity (Wildman–Crippen MR) is 117 cm³/mol. The van der Waals surface area contributed by atoms with E-state index in [4.69, 9.17) is 15.2 Å². The number of nitrogens with one attached hydrogen (secondary N) is 1. The summed E-state index contributed by atoms with van der Waals surface area (Å²) >= 11 is 0. The highest BCUT2D eigenvalue weighted by molar-refractivity contribution is 5.85. The summed E-state index contributed by atoms with van der Waals surface area (Å²) in [6, 6.07) is 12.7. The molecule has 2 aromatic heterocycles. The lowest BCUT2D eigenvalue weighted by Crippen LogP contribution is -2.55. The third kappa shape index (κ3) is 4.97. The molecule has 1 aromatic carbocycles. The molecule has 0 bridgehead atoms. The molecule has 7 nitrogen and oxygen atoms in total. The van der Waals surface area contributed by atoms with E-state index in [-0.39, 0.29) is 18.3 Å². The normalized spacial score (nSPS) is 20.5. The summed E-state index contributed by atoms with van der Waals surface area (Å²) in [7, 11) is 1.59. The summed E-state index contributed by atoms with van der Waals surface area (Å²) in [5.74, 6) is 0.479. The molecule has 32 heavy (non-hydrogen) atoms. The second-order valence-electron chi connectivity index (χ2n) is 7.07. The molecule has 1 fully saturated rings. The standard InChI is InChI=1S/C22H22F2N4O3.ClH/c1-29-18-8-15(9-26-11-18)14-3-2-4-16(7-14)22(13-27-12-19(25)31-22)17-5-6-20(28-10-17)30-21(23)24;/h2-11,19,21,27H,12-13,25H2,1H3;1H. The summed E-state index contributed by atoms with van der Waals surface area (Å²) < 4.78 is 40.9. The molecule has 1 saturated heterocycles. The molecular formula is C22H23ClF2N4O3. The van der Waals surface area contributed by atoms with Crippen LogP contribution < -0.4 is 20.5 Å². The van der Waals surface area contributed by atoms with Gasteiger partial charge in [-0.15, -0.1) is 12.4 Å². The highest BCUT2D eigenvalue weighted by atomic mass is 35.5. The summed E-state index contributed by atoms with van der Waals surface area (Å²) in [6.07, 6.45) is 4.29. The highest BCUT2D eigenvalue weighted by Crippen LogP contribution is 2.38. The van der Waals surface area contributed by atoms with Crippen LogP contribution in [0.3, 0.4) is 0 Å². The van der Waals surface area contributed by atoms with Crippen LogP contribution >= 0.6 is 12.4 Å².